The number of carboxylic acids is 1. The van der Waals surface area contributed by atoms with Gasteiger partial charge in [0.05, 0.1) is 55.4 Å². The highest BCUT2D eigenvalue weighted by Crippen LogP contribution is 2.38. The monoisotopic (exact) mass is 1690 g/mol. The van der Waals surface area contributed by atoms with Crippen molar-refractivity contribution in [2.24, 2.45) is 35.5 Å². The van der Waals surface area contributed by atoms with E-state index in [0.29, 0.717) is 138 Å². The second kappa shape index (κ2) is 41.2. The highest BCUT2D eigenvalue weighted by molar-refractivity contribution is 14.1. The van der Waals surface area contributed by atoms with Crippen LogP contribution in [0, 0.1) is 35.5 Å². The first kappa shape index (κ1) is 93.4. The number of carboxylic acid groups (broad SMARTS) is 1. The fourth-order valence-electron chi connectivity index (χ4n) is 12.8. The molecule has 3 heterocycles. The number of benzene rings is 3. The molecule has 3 aromatic carbocycles. The zero-order valence-corrected chi connectivity index (χ0v) is 68.8. The molecule has 6 atom stereocenters. The summed E-state index contributed by atoms with van der Waals surface area (Å²) >= 11 is 2.18. The maximum Gasteiger partial charge on any atom is 0.416 e. The van der Waals surface area contributed by atoms with Gasteiger partial charge < -0.3 is 56.6 Å². The molecule has 3 aliphatic rings. The summed E-state index contributed by atoms with van der Waals surface area (Å²) < 4.78 is 173. The van der Waals surface area contributed by atoms with Gasteiger partial charge in [-0.25, -0.2) is 29.3 Å². The molecule has 9 rings (SSSR count). The molecule has 0 amide bonds. The van der Waals surface area contributed by atoms with Gasteiger partial charge in [-0.05, 0) is 249 Å². The SMILES string of the molecule is CC(C)(C)OC(=O)C(C)(C)OC[C@H]1CCC[C@@H](CO)C1.CCc1oc(-c2ccc(C(F)(F)F)cc2)nc1CI.CCc1oc(-c2ccc(C(F)(F)F)cc2)nc1COC[C@@H]1CCC[C@H](COC(C)(C)C(=O)O)C1.CCc1oc(-c2ccc(C(F)(F)F)cc2)nc1COC[C@@H]1CCC[C@H](COC(C)(C)C(=O)OC(C)(C)C)C1. The largest absolute Gasteiger partial charge is 0.479 e. The first-order chi connectivity index (χ1) is 51.8. The Morgan fingerprint density at radius 2 is 0.694 bits per heavy atom. The van der Waals surface area contributed by atoms with Gasteiger partial charge in [-0.15, -0.1) is 0 Å². The second-order valence-electron chi connectivity index (χ2n) is 32.3. The molecule has 0 aliphatic heterocycles. The summed E-state index contributed by atoms with van der Waals surface area (Å²) in [7, 11) is 0. The Kier molecular flexibility index (Phi) is 34.7. The summed E-state index contributed by atoms with van der Waals surface area (Å²) in [4.78, 5) is 49.1. The van der Waals surface area contributed by atoms with Crippen LogP contribution in [-0.2, 0) is 103 Å². The van der Waals surface area contributed by atoms with Gasteiger partial charge in [0.25, 0.3) is 0 Å². The first-order valence-electron chi connectivity index (χ1n) is 38.2. The van der Waals surface area contributed by atoms with Gasteiger partial charge >= 0.3 is 36.4 Å². The summed E-state index contributed by atoms with van der Waals surface area (Å²) in [5.41, 5.74) is -2.60. The van der Waals surface area contributed by atoms with Gasteiger partial charge in [-0.1, -0.05) is 62.6 Å². The fourth-order valence-corrected chi connectivity index (χ4v) is 13.4. The molecule has 0 saturated heterocycles. The number of hydrogen-bond acceptors (Lipinski definition) is 17. The lowest BCUT2D eigenvalue weighted by molar-refractivity contribution is -0.182. The molecule has 3 saturated carbocycles. The second-order valence-corrected chi connectivity index (χ2v) is 33.0. The van der Waals surface area contributed by atoms with Crippen LogP contribution in [0.15, 0.2) is 86.0 Å². The van der Waals surface area contributed by atoms with Crippen LogP contribution >= 0.6 is 22.6 Å². The van der Waals surface area contributed by atoms with Gasteiger partial charge in [-0.3, -0.25) is 0 Å². The zero-order valence-electron chi connectivity index (χ0n) is 66.7. The number of rotatable bonds is 28. The number of aromatic nitrogens is 3. The highest BCUT2D eigenvalue weighted by Gasteiger charge is 2.39. The van der Waals surface area contributed by atoms with E-state index in [9.17, 15) is 64.1 Å². The minimum atomic E-state index is -4.39. The molecule has 3 fully saturated rings. The van der Waals surface area contributed by atoms with Crippen molar-refractivity contribution in [2.45, 2.75) is 264 Å². The van der Waals surface area contributed by atoms with E-state index < -0.39 is 69.2 Å². The van der Waals surface area contributed by atoms with E-state index in [0.717, 1.165) is 125 Å². The van der Waals surface area contributed by atoms with Crippen molar-refractivity contribution in [1.82, 2.24) is 15.0 Å². The van der Waals surface area contributed by atoms with Crippen LogP contribution in [-0.4, -0.2) is 111 Å². The Labute approximate surface area is 660 Å². The van der Waals surface area contributed by atoms with Crippen LogP contribution < -0.4 is 0 Å². The minimum Gasteiger partial charge on any atom is -0.479 e. The molecule has 28 heteroatoms. The Morgan fingerprint density at radius 3 is 0.955 bits per heavy atom. The number of alkyl halides is 10. The number of aliphatic hydroxyl groups is 1. The molecule has 111 heavy (non-hydrogen) atoms. The number of ether oxygens (including phenoxy) is 7. The molecule has 3 aliphatic carbocycles. The van der Waals surface area contributed by atoms with Crippen LogP contribution in [0.3, 0.4) is 0 Å². The third kappa shape index (κ3) is 30.4. The molecule has 18 nitrogen and oxygen atoms in total. The number of nitrogens with zero attached hydrogens (tertiary/aromatic N) is 3. The number of aliphatic hydroxyl groups excluding tert-OH is 1. The maximum absolute atomic E-state index is 12.9. The number of aliphatic carboxylic acids is 1. The summed E-state index contributed by atoms with van der Waals surface area (Å²) in [5.74, 6) is 3.56. The van der Waals surface area contributed by atoms with Crippen molar-refractivity contribution < 1.29 is 111 Å². The Balaban J connectivity index is 0.000000241. The first-order valence-corrected chi connectivity index (χ1v) is 39.7. The van der Waals surface area contributed by atoms with Gasteiger partial charge in [0, 0.05) is 60.2 Å². The predicted octanol–water partition coefficient (Wildman–Crippen LogP) is 21.3. The predicted molar refractivity (Wildman–Crippen MR) is 409 cm³/mol. The smallest absolute Gasteiger partial charge is 0.416 e. The average Bonchev–Trinajstić information content (AvgIpc) is 1.72. The molecular weight excluding hydrogens is 1580 g/mol. The molecule has 3 aromatic heterocycles. The third-order valence-electron chi connectivity index (χ3n) is 19.3. The van der Waals surface area contributed by atoms with Crippen LogP contribution in [0.1, 0.15) is 232 Å². The molecule has 0 bridgehead atoms. The van der Waals surface area contributed by atoms with Crippen LogP contribution in [0.2, 0.25) is 0 Å². The van der Waals surface area contributed by atoms with Crippen molar-refractivity contribution in [1.29, 1.82) is 0 Å². The van der Waals surface area contributed by atoms with E-state index in [1.807, 2.05) is 62.3 Å². The number of halogens is 10. The summed E-state index contributed by atoms with van der Waals surface area (Å²) in [6, 6.07) is 14.4. The lowest BCUT2D eigenvalue weighted by atomic mass is 9.82. The Hall–Kier alpha value is -6.44. The molecule has 0 radical (unpaired) electrons. The summed E-state index contributed by atoms with van der Waals surface area (Å²) in [6.07, 6.45) is 1.24. The van der Waals surface area contributed by atoms with Gasteiger partial charge in [0.2, 0.25) is 17.7 Å². The molecule has 6 aromatic rings. The van der Waals surface area contributed by atoms with Crippen molar-refractivity contribution in [3.05, 3.63) is 124 Å². The van der Waals surface area contributed by atoms with E-state index in [1.165, 1.54) is 36.4 Å². The Morgan fingerprint density at radius 1 is 0.423 bits per heavy atom. The van der Waals surface area contributed by atoms with Crippen molar-refractivity contribution in [3.63, 3.8) is 0 Å². The number of oxazole rings is 3. The van der Waals surface area contributed by atoms with Crippen molar-refractivity contribution in [3.8, 4) is 34.4 Å². The summed E-state index contributed by atoms with van der Waals surface area (Å²) in [6.45, 7) is 30.4. The molecule has 2 N–H and O–H groups in total. The lowest BCUT2D eigenvalue weighted by Crippen LogP contribution is -2.42. The quantitative estimate of drug-likeness (QED) is 0.0201. The highest BCUT2D eigenvalue weighted by atomic mass is 127. The van der Waals surface area contributed by atoms with Gasteiger partial charge in [0.15, 0.2) is 16.8 Å². The van der Waals surface area contributed by atoms with E-state index in [4.69, 9.17) is 46.4 Å². The van der Waals surface area contributed by atoms with E-state index in [1.54, 1.807) is 41.5 Å². The normalized spacial score (nSPS) is 18.9. The number of carbonyl (C=O) groups is 3. The topological polar surface area (TPSA) is 234 Å². The van der Waals surface area contributed by atoms with Gasteiger partial charge in [-0.2, -0.15) is 39.5 Å². The van der Waals surface area contributed by atoms with Crippen LogP contribution in [0.5, 0.6) is 0 Å². The number of carbonyl (C=O) groups excluding carboxylic acids is 2. The number of aryl methyl sites for hydroxylation is 3. The standard InChI is InChI=1S/C29H40F3NO5.C25H32F3NO5.C16H30O4.C13H11F3INO/c1-7-24-23(33-25(37-24)21-11-13-22(14-12-21)29(30,31)32)18-35-16-19-9-8-10-20(15-19)17-36-28(5,6)26(34)38-27(2,3)4;1-4-21-20(29-22(34-21)18-8-10-19(11-9-18)25(26,27)28)15-32-13-16-6-5-7-17(12-16)14-33-24(2,3)23(30)31;1-15(2,3)20-14(18)16(4,5)19-11-13-8-6-7-12(9-13)10-17;1-2-11-10(7-17)18-12(19-11)8-3-5-9(6-4-8)13(14,15)16/h11-14,19-20H,7-10,15-18H2,1-6H3;8-11,16-17H,4-7,12-15H2,1-3H3,(H,30,31);12-13,17H,6-11H2,1-5H3;3-6H,2,7H2,1H3/t19-,20+;16-,17+;12-,13+;/m111./s1. The zero-order chi connectivity index (χ0) is 82.5. The van der Waals surface area contributed by atoms with Crippen molar-refractivity contribution in [2.75, 3.05) is 39.6 Å². The number of esters is 2. The third-order valence-corrected chi connectivity index (χ3v) is 20.0. The minimum absolute atomic E-state index is 0.256. The fraction of sp³-hybridized carbons (Fsp3) is 0.639. The number of hydrogen-bond donors (Lipinski definition) is 2. The lowest BCUT2D eigenvalue weighted by Gasteiger charge is -2.33. The summed E-state index contributed by atoms with van der Waals surface area (Å²) in [5, 5.41) is 18.4. The molecule has 620 valence electrons. The van der Waals surface area contributed by atoms with E-state index in [-0.39, 0.29) is 43.5 Å². The van der Waals surface area contributed by atoms with Gasteiger partial charge in [0.1, 0.15) is 39.9 Å². The molecule has 0 unspecified atom stereocenters. The maximum atomic E-state index is 12.9. The molecular formula is C83H113F9IN3O15. The van der Waals surface area contributed by atoms with Crippen LogP contribution in [0.25, 0.3) is 34.4 Å². The average molecular weight is 1690 g/mol. The van der Waals surface area contributed by atoms with Crippen molar-refractivity contribution >= 4 is 40.5 Å². The van der Waals surface area contributed by atoms with E-state index in [2.05, 4.69) is 37.5 Å². The van der Waals surface area contributed by atoms with E-state index >= 15 is 0 Å². The molecule has 0 spiro atoms. The Bertz CT molecular complexity index is 3810. The van der Waals surface area contributed by atoms with Crippen LogP contribution in [0.4, 0.5) is 39.5 Å².